The predicted molar refractivity (Wildman–Crippen MR) is 77.5 cm³/mol. The highest BCUT2D eigenvalue weighted by atomic mass is 15.2. The van der Waals surface area contributed by atoms with Crippen molar-refractivity contribution in [1.29, 1.82) is 5.26 Å². The van der Waals surface area contributed by atoms with Gasteiger partial charge in [0.15, 0.2) is 0 Å². The number of benzene rings is 1. The van der Waals surface area contributed by atoms with Gasteiger partial charge in [-0.25, -0.2) is 0 Å². The van der Waals surface area contributed by atoms with E-state index in [-0.39, 0.29) is 12.1 Å². The molecule has 102 valence electrons. The maximum Gasteiger partial charge on any atom is 0.0991 e. The number of hydrogen-bond donors (Lipinski definition) is 1. The summed E-state index contributed by atoms with van der Waals surface area (Å²) in [5.74, 6) is 0.631. The number of nitrogens with two attached hydrogens (primary N) is 1. The van der Waals surface area contributed by atoms with Gasteiger partial charge in [-0.05, 0) is 43.0 Å². The number of nitrogens with zero attached hydrogens (tertiary/aromatic N) is 2. The van der Waals surface area contributed by atoms with Crippen LogP contribution < -0.4 is 5.73 Å². The minimum atomic E-state index is 0.168. The Morgan fingerprint density at radius 2 is 2.26 bits per heavy atom. The molecule has 0 aromatic heterocycles. The third kappa shape index (κ3) is 3.34. The molecule has 1 saturated heterocycles. The van der Waals surface area contributed by atoms with Gasteiger partial charge in [-0.2, -0.15) is 5.26 Å². The van der Waals surface area contributed by atoms with Gasteiger partial charge in [0.1, 0.15) is 0 Å². The van der Waals surface area contributed by atoms with E-state index in [9.17, 15) is 0 Å². The lowest BCUT2D eigenvalue weighted by atomic mass is 9.89. The molecule has 0 bridgehead atoms. The van der Waals surface area contributed by atoms with Crippen LogP contribution in [0.3, 0.4) is 0 Å². The summed E-state index contributed by atoms with van der Waals surface area (Å²) in [4.78, 5) is 2.48. The van der Waals surface area contributed by atoms with Gasteiger partial charge in [0.05, 0.1) is 11.6 Å². The summed E-state index contributed by atoms with van der Waals surface area (Å²) in [5, 5.41) is 9.04. The number of rotatable bonds is 3. The Balaban J connectivity index is 2.28. The standard InChI is InChI=1S/C16H23N3/c1-12(2)11-19-8-4-7-15(18)16(19)14-6-3-5-13(9-14)10-17/h3,5-6,9,12,15-16H,4,7-8,11,18H2,1-2H3. The molecule has 0 saturated carbocycles. The van der Waals surface area contributed by atoms with Gasteiger partial charge in [0, 0.05) is 18.6 Å². The Hall–Kier alpha value is -1.37. The van der Waals surface area contributed by atoms with Crippen molar-refractivity contribution in [1.82, 2.24) is 4.90 Å². The molecule has 2 rings (SSSR count). The van der Waals surface area contributed by atoms with Gasteiger partial charge >= 0.3 is 0 Å². The van der Waals surface area contributed by atoms with E-state index in [1.165, 1.54) is 12.0 Å². The van der Waals surface area contributed by atoms with Crippen molar-refractivity contribution in [2.24, 2.45) is 11.7 Å². The highest BCUT2D eigenvalue weighted by Crippen LogP contribution is 2.31. The van der Waals surface area contributed by atoms with E-state index >= 15 is 0 Å². The average molecular weight is 257 g/mol. The molecule has 1 aliphatic rings. The third-order valence-electron chi connectivity index (χ3n) is 3.74. The van der Waals surface area contributed by atoms with Gasteiger partial charge in [0.25, 0.3) is 0 Å². The Labute approximate surface area is 116 Å². The molecule has 2 N–H and O–H groups in total. The summed E-state index contributed by atoms with van der Waals surface area (Å²) >= 11 is 0. The smallest absolute Gasteiger partial charge is 0.0991 e. The number of nitriles is 1. The van der Waals surface area contributed by atoms with Gasteiger partial charge in [-0.15, -0.1) is 0 Å². The maximum atomic E-state index is 9.04. The maximum absolute atomic E-state index is 9.04. The monoisotopic (exact) mass is 257 g/mol. The summed E-state index contributed by atoms with van der Waals surface area (Å²) < 4.78 is 0. The molecule has 3 heteroatoms. The molecular formula is C16H23N3. The average Bonchev–Trinajstić information content (AvgIpc) is 2.38. The summed E-state index contributed by atoms with van der Waals surface area (Å²) in [6, 6.07) is 10.5. The molecule has 2 atom stereocenters. The first-order valence-electron chi connectivity index (χ1n) is 7.11. The summed E-state index contributed by atoms with van der Waals surface area (Å²) in [5.41, 5.74) is 8.25. The Kier molecular flexibility index (Phi) is 4.57. The SMILES string of the molecule is CC(C)CN1CCCC(N)C1c1cccc(C#N)c1. The van der Waals surface area contributed by atoms with Crippen LogP contribution in [0.1, 0.15) is 43.9 Å². The normalized spacial score (nSPS) is 24.4. The second-order valence-corrected chi connectivity index (χ2v) is 5.88. The van der Waals surface area contributed by atoms with Crippen LogP contribution in [0.4, 0.5) is 0 Å². The van der Waals surface area contributed by atoms with E-state index in [4.69, 9.17) is 11.0 Å². The van der Waals surface area contributed by atoms with E-state index in [0.29, 0.717) is 5.92 Å². The first-order valence-corrected chi connectivity index (χ1v) is 7.11. The van der Waals surface area contributed by atoms with Gasteiger partial charge in [0.2, 0.25) is 0 Å². The summed E-state index contributed by atoms with van der Waals surface area (Å²) in [6.45, 7) is 6.65. The van der Waals surface area contributed by atoms with Crippen molar-refractivity contribution in [3.05, 3.63) is 35.4 Å². The minimum absolute atomic E-state index is 0.168. The van der Waals surface area contributed by atoms with Gasteiger partial charge in [-0.1, -0.05) is 26.0 Å². The fraction of sp³-hybridized carbons (Fsp3) is 0.562. The fourth-order valence-electron chi connectivity index (χ4n) is 3.02. The summed E-state index contributed by atoms with van der Waals surface area (Å²) in [7, 11) is 0. The highest BCUT2D eigenvalue weighted by Gasteiger charge is 2.30. The van der Waals surface area contributed by atoms with E-state index in [2.05, 4.69) is 30.9 Å². The molecule has 19 heavy (non-hydrogen) atoms. The number of hydrogen-bond acceptors (Lipinski definition) is 3. The van der Waals surface area contributed by atoms with Crippen LogP contribution in [0.2, 0.25) is 0 Å². The van der Waals surface area contributed by atoms with Crippen molar-refractivity contribution in [3.63, 3.8) is 0 Å². The molecule has 2 unspecified atom stereocenters. The van der Waals surface area contributed by atoms with Crippen LogP contribution in [-0.2, 0) is 0 Å². The van der Waals surface area contributed by atoms with Crippen LogP contribution in [0.25, 0.3) is 0 Å². The predicted octanol–water partition coefficient (Wildman–Crippen LogP) is 2.68. The molecule has 1 heterocycles. The topological polar surface area (TPSA) is 53.0 Å². The Bertz CT molecular complexity index is 461. The lowest BCUT2D eigenvalue weighted by molar-refractivity contribution is 0.114. The first kappa shape index (κ1) is 14.0. The van der Waals surface area contributed by atoms with Crippen LogP contribution >= 0.6 is 0 Å². The zero-order chi connectivity index (χ0) is 13.8. The molecule has 1 aromatic rings. The summed E-state index contributed by atoms with van der Waals surface area (Å²) in [6.07, 6.45) is 2.23. The van der Waals surface area contributed by atoms with E-state index in [1.807, 2.05) is 18.2 Å². The third-order valence-corrected chi connectivity index (χ3v) is 3.74. The van der Waals surface area contributed by atoms with Crippen LogP contribution in [-0.4, -0.2) is 24.0 Å². The van der Waals surface area contributed by atoms with Crippen LogP contribution in [0, 0.1) is 17.2 Å². The highest BCUT2D eigenvalue weighted by molar-refractivity contribution is 5.35. The molecular weight excluding hydrogens is 234 g/mol. The van der Waals surface area contributed by atoms with E-state index in [1.54, 1.807) is 0 Å². The molecule has 3 nitrogen and oxygen atoms in total. The zero-order valence-electron chi connectivity index (χ0n) is 11.8. The van der Waals surface area contributed by atoms with Gasteiger partial charge < -0.3 is 5.73 Å². The van der Waals surface area contributed by atoms with Crippen molar-refractivity contribution < 1.29 is 0 Å². The molecule has 1 aliphatic heterocycles. The van der Waals surface area contributed by atoms with Crippen molar-refractivity contribution >= 4 is 0 Å². The molecule has 0 aliphatic carbocycles. The minimum Gasteiger partial charge on any atom is -0.326 e. The zero-order valence-corrected chi connectivity index (χ0v) is 11.8. The molecule has 0 amide bonds. The van der Waals surface area contributed by atoms with Crippen molar-refractivity contribution in [3.8, 4) is 6.07 Å². The van der Waals surface area contributed by atoms with Crippen molar-refractivity contribution in [2.45, 2.75) is 38.8 Å². The second kappa shape index (κ2) is 6.18. The van der Waals surface area contributed by atoms with E-state index < -0.39 is 0 Å². The Morgan fingerprint density at radius 1 is 1.47 bits per heavy atom. The molecule has 0 spiro atoms. The lowest BCUT2D eigenvalue weighted by Crippen LogP contribution is -2.47. The fourth-order valence-corrected chi connectivity index (χ4v) is 3.02. The van der Waals surface area contributed by atoms with Crippen molar-refractivity contribution in [2.75, 3.05) is 13.1 Å². The number of likely N-dealkylation sites (tertiary alicyclic amines) is 1. The van der Waals surface area contributed by atoms with Crippen LogP contribution in [0.5, 0.6) is 0 Å². The largest absolute Gasteiger partial charge is 0.326 e. The lowest BCUT2D eigenvalue weighted by Gasteiger charge is -2.41. The molecule has 1 fully saturated rings. The van der Waals surface area contributed by atoms with E-state index in [0.717, 1.165) is 25.1 Å². The second-order valence-electron chi connectivity index (χ2n) is 5.88. The number of piperidine rings is 1. The molecule has 1 aromatic carbocycles. The van der Waals surface area contributed by atoms with Crippen LogP contribution in [0.15, 0.2) is 24.3 Å². The van der Waals surface area contributed by atoms with Gasteiger partial charge in [-0.3, -0.25) is 4.90 Å². The Morgan fingerprint density at radius 3 is 2.95 bits per heavy atom. The molecule has 0 radical (unpaired) electrons. The quantitative estimate of drug-likeness (QED) is 0.905. The first-order chi connectivity index (χ1) is 9.11.